The van der Waals surface area contributed by atoms with E-state index in [9.17, 15) is 57.8 Å². The lowest BCUT2D eigenvalue weighted by Gasteiger charge is -2.34. The smallest absolute Gasteiger partial charge is 0.246 e. The van der Waals surface area contributed by atoms with Gasteiger partial charge in [-0.2, -0.15) is 11.8 Å². The van der Waals surface area contributed by atoms with Gasteiger partial charge in [-0.1, -0.05) is 48.5 Å². The van der Waals surface area contributed by atoms with Crippen LogP contribution in [0.15, 0.2) is 85.2 Å². The average Bonchev–Trinajstić information content (AvgIpc) is 1.61. The zero-order chi connectivity index (χ0) is 86.8. The first-order valence-electron chi connectivity index (χ1n) is 38.5. The van der Waals surface area contributed by atoms with Crippen molar-refractivity contribution in [2.45, 2.75) is 196 Å². The number of rotatable bonds is 41. The highest BCUT2D eigenvalue weighted by Gasteiger charge is 2.42. The molecule has 6 rings (SSSR count). The molecule has 40 nitrogen and oxygen atoms in total. The van der Waals surface area contributed by atoms with E-state index in [1.807, 2.05) is 0 Å². The van der Waals surface area contributed by atoms with Gasteiger partial charge in [0, 0.05) is 99.0 Å². The lowest BCUT2D eigenvalue weighted by atomic mass is 9.91. The van der Waals surface area contributed by atoms with Crippen molar-refractivity contribution in [1.29, 1.82) is 0 Å². The normalized spacial score (nSPS) is 18.8. The topological polar surface area (TPSA) is 664 Å². The number of primary amides is 4. The van der Waals surface area contributed by atoms with Gasteiger partial charge in [0.2, 0.25) is 100 Å². The molecule has 0 saturated carbocycles. The minimum Gasteiger partial charge on any atom is -0.492 e. The molecule has 1 aliphatic heterocycles. The van der Waals surface area contributed by atoms with E-state index in [1.54, 1.807) is 85.2 Å². The zero-order valence-corrected chi connectivity index (χ0v) is 67.0. The summed E-state index contributed by atoms with van der Waals surface area (Å²) in [6.45, 7) is 4.76. The third kappa shape index (κ3) is 30.8. The summed E-state index contributed by atoms with van der Waals surface area (Å²) < 4.78 is 5.73. The Balaban J connectivity index is 1.46. The standard InChI is InChI=1S/C77H109N21O19S/c1-41(99)65-75(115)94-57(34-45-37-85-50-15-7-5-13-48(45)50)72(112)90-53(22-24-61(80)102)68(108)95-60(40-118-32-26-55(88-43(3)101)69(109)89-54(70(110)97-65)23-25-62(81)103)73(113)91-56(33-44-18-20-47(21-19-44)117-31-29-79)71(111)92-58(35-46-38-86-51-16-8-6-14-49(46)51)74(114)98-77(4,27-10-11-28-78)76(116)96-52(17-9-12-30-84-42(2)100)67(107)93-59(36-63(82)104)66(106)87-39-64(83)105/h5-8,13-16,18-21,37-38,41,52-60,65,85-86,99H,9-12,17,22-36,39-40,78-79H2,1-4H3,(H2,80,102)(H2,81,103)(H2,82,104)(H2,83,105)(H,84,100)(H,87,106)(H,88,101)(H,89,109)(H,90,112)(H,91,113)(H,92,111)(H,93,107)(H,94,115)(H,95,108)(H,96,116)(H,97,110)(H,98,114)/t41-,52+,53+,54+,55+,56+,57+,58+,59+,60+,65+,77+/m1/s1. The first-order chi connectivity index (χ1) is 56.1. The third-order valence-corrected chi connectivity index (χ3v) is 20.2. The molecule has 5 aromatic rings. The van der Waals surface area contributed by atoms with Crippen LogP contribution in [-0.4, -0.2) is 232 Å². The number of thioether (sulfide) groups is 1. The second-order valence-corrected chi connectivity index (χ2v) is 30.0. The van der Waals surface area contributed by atoms with Crippen LogP contribution in [0.2, 0.25) is 0 Å². The lowest BCUT2D eigenvalue weighted by molar-refractivity contribution is -0.138. The van der Waals surface area contributed by atoms with Gasteiger partial charge in [0.25, 0.3) is 0 Å². The van der Waals surface area contributed by atoms with E-state index >= 15 is 28.8 Å². The number of nitrogens with one attached hydrogen (secondary N) is 15. The molecule has 0 bridgehead atoms. The van der Waals surface area contributed by atoms with Crippen LogP contribution >= 0.6 is 11.8 Å². The average molecular weight is 1660 g/mol. The molecule has 118 heavy (non-hydrogen) atoms. The number of carbonyl (C=O) groups is 17. The van der Waals surface area contributed by atoms with Gasteiger partial charge in [-0.25, -0.2) is 0 Å². The molecule has 0 spiro atoms. The molecule has 0 unspecified atom stereocenters. The maximum Gasteiger partial charge on any atom is 0.246 e. The molecule has 2 aromatic heterocycles. The SMILES string of the molecule is CC(=O)NCCCC[C@H](NC(=O)[C@](C)(CCCCN)NC(=O)[C@H](Cc1c[nH]c2ccccc12)NC(=O)[C@H](Cc1ccc(OCCN)cc1)NC(=O)[C@@H]1CSCC[C@H](NC(C)=O)C(=O)N[C@@H](CCC(N)=O)C(=O)N[C@@H]([C@@H](C)O)C(=O)N[C@@H](Cc2c[nH]c3ccccc23)C(=O)N[C@@H](CCC(N)=O)C(=O)N1)C(=O)N[C@@H](CC(N)=O)C(=O)NCC(N)=O. The van der Waals surface area contributed by atoms with E-state index in [0.29, 0.717) is 50.7 Å². The number of aliphatic hydroxyl groups excluding tert-OH is 1. The van der Waals surface area contributed by atoms with E-state index in [-0.39, 0.29) is 95.7 Å². The summed E-state index contributed by atoms with van der Waals surface area (Å²) >= 11 is 0.927. The monoisotopic (exact) mass is 1660 g/mol. The minimum absolute atomic E-state index is 0.119. The predicted molar refractivity (Wildman–Crippen MR) is 432 cm³/mol. The number of para-hydroxylation sites is 2. The summed E-state index contributed by atoms with van der Waals surface area (Å²) in [5, 5.41) is 45.8. The van der Waals surface area contributed by atoms with Crippen molar-refractivity contribution in [2.24, 2.45) is 34.4 Å². The molecule has 12 atom stereocenters. The number of aromatic amines is 2. The molecule has 642 valence electrons. The Bertz CT molecular complexity index is 4390. The fourth-order valence-electron chi connectivity index (χ4n) is 12.8. The van der Waals surface area contributed by atoms with Crippen LogP contribution in [0.3, 0.4) is 0 Å². The van der Waals surface area contributed by atoms with E-state index < -0.39 is 211 Å². The zero-order valence-electron chi connectivity index (χ0n) is 66.2. The predicted octanol–water partition coefficient (Wildman–Crippen LogP) is -5.28. The summed E-state index contributed by atoms with van der Waals surface area (Å²) in [5.41, 5.74) is 34.0. The van der Waals surface area contributed by atoms with Crippen molar-refractivity contribution in [3.8, 4) is 5.75 Å². The number of aliphatic hydroxyl groups is 1. The van der Waals surface area contributed by atoms with Gasteiger partial charge >= 0.3 is 0 Å². The van der Waals surface area contributed by atoms with Crippen LogP contribution in [0.25, 0.3) is 21.8 Å². The Morgan fingerprint density at radius 1 is 0.576 bits per heavy atom. The first kappa shape index (κ1) is 94.6. The highest BCUT2D eigenvalue weighted by molar-refractivity contribution is 7.99. The minimum atomic E-state index is -2.01. The summed E-state index contributed by atoms with van der Waals surface area (Å²) in [4.78, 5) is 243. The van der Waals surface area contributed by atoms with Crippen LogP contribution < -0.4 is 108 Å². The van der Waals surface area contributed by atoms with Gasteiger partial charge in [-0.05, 0) is 125 Å². The van der Waals surface area contributed by atoms with E-state index in [1.165, 1.54) is 13.8 Å². The molecular weight excluding hydrogens is 1560 g/mol. The summed E-state index contributed by atoms with van der Waals surface area (Å²) in [6, 6.07) is 3.27. The van der Waals surface area contributed by atoms with Crippen molar-refractivity contribution in [1.82, 2.24) is 79.1 Å². The molecule has 3 heterocycles. The summed E-state index contributed by atoms with van der Waals surface area (Å²) in [6.07, 6.45) is -2.11. The van der Waals surface area contributed by atoms with Gasteiger partial charge in [-0.15, -0.1) is 0 Å². The summed E-state index contributed by atoms with van der Waals surface area (Å²) in [5.74, 6) is -16.7. The number of unbranched alkanes of at least 4 members (excludes halogenated alkanes) is 2. The summed E-state index contributed by atoms with van der Waals surface area (Å²) in [7, 11) is 0. The molecule has 17 amide bonds. The lowest BCUT2D eigenvalue weighted by Crippen LogP contribution is -2.64. The second-order valence-electron chi connectivity index (χ2n) is 28.8. The molecule has 3 aromatic carbocycles. The largest absolute Gasteiger partial charge is 0.492 e. The van der Waals surface area contributed by atoms with E-state index in [2.05, 4.69) is 79.1 Å². The van der Waals surface area contributed by atoms with Gasteiger partial charge in [0.15, 0.2) is 0 Å². The molecule has 28 N–H and O–H groups in total. The second kappa shape index (κ2) is 47.1. The maximum absolute atomic E-state index is 15.7. The van der Waals surface area contributed by atoms with Crippen molar-refractivity contribution < 1.29 is 91.4 Å². The Hall–Kier alpha value is -12.2. The number of carbonyl (C=O) groups excluding carboxylic acids is 17. The van der Waals surface area contributed by atoms with Gasteiger partial charge in [0.1, 0.15) is 78.3 Å². The van der Waals surface area contributed by atoms with Crippen LogP contribution in [0.5, 0.6) is 5.75 Å². The van der Waals surface area contributed by atoms with Crippen molar-refractivity contribution in [3.05, 3.63) is 102 Å². The molecule has 41 heteroatoms. The van der Waals surface area contributed by atoms with Crippen LogP contribution in [0, 0.1) is 0 Å². The first-order valence-corrected chi connectivity index (χ1v) is 39.7. The Kier molecular flexibility index (Phi) is 37.8. The van der Waals surface area contributed by atoms with Crippen LogP contribution in [0.4, 0.5) is 0 Å². The number of hydrogen-bond donors (Lipinski definition) is 22. The Morgan fingerprint density at radius 3 is 1.75 bits per heavy atom. The molecule has 1 aliphatic rings. The Morgan fingerprint density at radius 2 is 1.15 bits per heavy atom. The molecule has 1 fully saturated rings. The number of amides is 17. The molecule has 0 radical (unpaired) electrons. The third-order valence-electron chi connectivity index (χ3n) is 19.1. The number of nitrogens with two attached hydrogens (primary N) is 6. The highest BCUT2D eigenvalue weighted by atomic mass is 32.2. The fourth-order valence-corrected chi connectivity index (χ4v) is 13.9. The highest BCUT2D eigenvalue weighted by Crippen LogP contribution is 2.24. The van der Waals surface area contributed by atoms with Gasteiger partial charge in [0.05, 0.1) is 19.1 Å². The number of H-pyrrole nitrogens is 2. The number of hydrogen-bond acceptors (Lipinski definition) is 22. The van der Waals surface area contributed by atoms with Crippen molar-refractivity contribution in [2.75, 3.05) is 44.3 Å². The fraction of sp³-hybridized carbons (Fsp3) is 0.494. The maximum atomic E-state index is 15.7. The van der Waals surface area contributed by atoms with E-state index in [4.69, 9.17) is 39.1 Å². The van der Waals surface area contributed by atoms with Gasteiger partial charge in [-0.3, -0.25) is 81.5 Å². The number of aromatic nitrogens is 2. The molecule has 0 aliphatic carbocycles. The quantitative estimate of drug-likeness (QED) is 0.0163. The van der Waals surface area contributed by atoms with Crippen LogP contribution in [0.1, 0.15) is 121 Å². The number of fused-ring (bicyclic) bond motifs is 2. The number of ether oxygens (including phenoxy) is 1. The molecule has 1 saturated heterocycles. The molecular formula is C77H109N21O19S. The van der Waals surface area contributed by atoms with Crippen molar-refractivity contribution in [3.63, 3.8) is 0 Å². The van der Waals surface area contributed by atoms with Crippen molar-refractivity contribution >= 4 is 134 Å². The Labute approximate surface area is 683 Å². The number of benzene rings is 3. The van der Waals surface area contributed by atoms with Gasteiger partial charge < -0.3 is 123 Å². The van der Waals surface area contributed by atoms with E-state index in [0.717, 1.165) is 25.6 Å². The van der Waals surface area contributed by atoms with Crippen LogP contribution in [-0.2, 0) is 101 Å².